The second-order valence-electron chi connectivity index (χ2n) is 6.26. The summed E-state index contributed by atoms with van der Waals surface area (Å²) in [6.45, 7) is 4.95. The van der Waals surface area contributed by atoms with Gasteiger partial charge in [-0.3, -0.25) is 19.8 Å². The molecule has 0 bridgehead atoms. The summed E-state index contributed by atoms with van der Waals surface area (Å²) in [5.74, 6) is 0.0643. The molecule has 25 heavy (non-hydrogen) atoms. The zero-order valence-electron chi connectivity index (χ0n) is 14.8. The number of imide groups is 1. The molecule has 0 aliphatic carbocycles. The first kappa shape index (κ1) is 18.9. The molecule has 1 aliphatic heterocycles. The molecule has 1 fully saturated rings. The summed E-state index contributed by atoms with van der Waals surface area (Å²) in [7, 11) is 1.46. The molecule has 0 spiro atoms. The Morgan fingerprint density at radius 2 is 1.92 bits per heavy atom. The summed E-state index contributed by atoms with van der Waals surface area (Å²) in [5.41, 5.74) is 1.04. The number of anilines is 1. The average Bonchev–Trinajstić information content (AvgIpc) is 2.62. The number of nitrogens with one attached hydrogen (secondary N) is 3. The van der Waals surface area contributed by atoms with Crippen LogP contribution in [-0.2, 0) is 9.59 Å². The number of piperidine rings is 1. The van der Waals surface area contributed by atoms with Gasteiger partial charge in [0.25, 0.3) is 0 Å². The van der Waals surface area contributed by atoms with Gasteiger partial charge in [-0.2, -0.15) is 0 Å². The van der Waals surface area contributed by atoms with E-state index in [9.17, 15) is 14.4 Å². The molecular formula is C17H25N5O3. The molecule has 0 unspecified atom stereocenters. The standard InChI is InChI=1S/C17H25N5O3/c1-11-4-5-14(19-10-11)20-16(24)13-6-8-22(9-7-13)12(2)15(23)21-17(25)18-3/h4-5,10,12-13H,6-9H2,1-3H3,(H,19,20,24)(H2,18,21,23,25)/t12-/m0/s1. The van der Waals surface area contributed by atoms with Gasteiger partial charge in [0.15, 0.2) is 0 Å². The van der Waals surface area contributed by atoms with Crippen molar-refractivity contribution < 1.29 is 14.4 Å². The number of carbonyl (C=O) groups excluding carboxylic acids is 3. The largest absolute Gasteiger partial charge is 0.341 e. The summed E-state index contributed by atoms with van der Waals surface area (Å²) >= 11 is 0. The van der Waals surface area contributed by atoms with Crippen LogP contribution in [0.4, 0.5) is 10.6 Å². The van der Waals surface area contributed by atoms with Gasteiger partial charge < -0.3 is 10.6 Å². The topological polar surface area (TPSA) is 103 Å². The first-order valence-electron chi connectivity index (χ1n) is 8.41. The van der Waals surface area contributed by atoms with Crippen molar-refractivity contribution in [3.05, 3.63) is 23.9 Å². The minimum absolute atomic E-state index is 0.0431. The smallest absolute Gasteiger partial charge is 0.321 e. The van der Waals surface area contributed by atoms with Crippen LogP contribution in [-0.4, -0.2) is 53.9 Å². The number of nitrogens with zero attached hydrogens (tertiary/aromatic N) is 2. The van der Waals surface area contributed by atoms with Gasteiger partial charge >= 0.3 is 6.03 Å². The van der Waals surface area contributed by atoms with E-state index in [1.165, 1.54) is 7.05 Å². The lowest BCUT2D eigenvalue weighted by Crippen LogP contribution is -2.51. The van der Waals surface area contributed by atoms with E-state index in [0.717, 1.165) is 5.56 Å². The number of likely N-dealkylation sites (tertiary alicyclic amines) is 1. The summed E-state index contributed by atoms with van der Waals surface area (Å²) < 4.78 is 0. The third-order valence-corrected chi connectivity index (χ3v) is 4.45. The average molecular weight is 347 g/mol. The summed E-state index contributed by atoms with van der Waals surface area (Å²) in [6, 6.07) is 2.75. The van der Waals surface area contributed by atoms with E-state index in [1.54, 1.807) is 19.2 Å². The van der Waals surface area contributed by atoms with Gasteiger partial charge in [0.2, 0.25) is 11.8 Å². The number of pyridine rings is 1. The fraction of sp³-hybridized carbons (Fsp3) is 0.529. The molecule has 8 heteroatoms. The SMILES string of the molecule is CNC(=O)NC(=O)[C@H](C)N1CCC(C(=O)Nc2ccc(C)cn2)CC1. The Kier molecular flexibility index (Phi) is 6.46. The highest BCUT2D eigenvalue weighted by Gasteiger charge is 2.30. The summed E-state index contributed by atoms with van der Waals surface area (Å²) in [4.78, 5) is 41.7. The Morgan fingerprint density at radius 3 is 2.48 bits per heavy atom. The maximum absolute atomic E-state index is 12.3. The van der Waals surface area contributed by atoms with Gasteiger partial charge in [0.1, 0.15) is 5.82 Å². The molecular weight excluding hydrogens is 322 g/mol. The Balaban J connectivity index is 1.82. The lowest BCUT2D eigenvalue weighted by molar-refractivity contribution is -0.126. The Bertz CT molecular complexity index is 624. The van der Waals surface area contributed by atoms with Crippen molar-refractivity contribution in [1.82, 2.24) is 20.5 Å². The van der Waals surface area contributed by atoms with E-state index in [4.69, 9.17) is 0 Å². The van der Waals surface area contributed by atoms with Crippen molar-refractivity contribution in [2.45, 2.75) is 32.7 Å². The van der Waals surface area contributed by atoms with E-state index in [2.05, 4.69) is 20.9 Å². The molecule has 1 aliphatic rings. The van der Waals surface area contributed by atoms with Crippen LogP contribution >= 0.6 is 0 Å². The van der Waals surface area contributed by atoms with Crippen molar-refractivity contribution in [3.63, 3.8) is 0 Å². The predicted octanol–water partition coefficient (Wildman–Crippen LogP) is 0.885. The summed E-state index contributed by atoms with van der Waals surface area (Å²) in [6.07, 6.45) is 3.04. The zero-order chi connectivity index (χ0) is 18.4. The van der Waals surface area contributed by atoms with Crippen molar-refractivity contribution in [2.24, 2.45) is 5.92 Å². The molecule has 4 amide bonds. The second kappa shape index (κ2) is 8.57. The quantitative estimate of drug-likeness (QED) is 0.750. The van der Waals surface area contributed by atoms with Gasteiger partial charge in [-0.25, -0.2) is 9.78 Å². The van der Waals surface area contributed by atoms with Crippen molar-refractivity contribution in [3.8, 4) is 0 Å². The fourth-order valence-electron chi connectivity index (χ4n) is 2.76. The molecule has 1 atom stereocenters. The molecule has 1 aromatic heterocycles. The first-order valence-corrected chi connectivity index (χ1v) is 8.41. The maximum Gasteiger partial charge on any atom is 0.321 e. The van der Waals surface area contributed by atoms with Crippen LogP contribution in [0.5, 0.6) is 0 Å². The van der Waals surface area contributed by atoms with Crippen LogP contribution in [0.3, 0.4) is 0 Å². The van der Waals surface area contributed by atoms with E-state index in [0.29, 0.717) is 31.7 Å². The summed E-state index contributed by atoms with van der Waals surface area (Å²) in [5, 5.41) is 7.47. The molecule has 136 valence electrons. The lowest BCUT2D eigenvalue weighted by atomic mass is 9.95. The number of hydrogen-bond acceptors (Lipinski definition) is 5. The van der Waals surface area contributed by atoms with E-state index >= 15 is 0 Å². The van der Waals surface area contributed by atoms with Crippen molar-refractivity contribution >= 4 is 23.7 Å². The van der Waals surface area contributed by atoms with Gasteiger partial charge in [-0.15, -0.1) is 0 Å². The van der Waals surface area contributed by atoms with Crippen LogP contribution in [0.2, 0.25) is 0 Å². The molecule has 0 aromatic carbocycles. The minimum atomic E-state index is -0.517. The molecule has 3 N–H and O–H groups in total. The normalized spacial score (nSPS) is 16.8. The molecule has 1 aromatic rings. The number of aromatic nitrogens is 1. The number of amides is 4. The van der Waals surface area contributed by atoms with Crippen LogP contribution in [0.15, 0.2) is 18.3 Å². The van der Waals surface area contributed by atoms with E-state index in [1.807, 2.05) is 17.9 Å². The minimum Gasteiger partial charge on any atom is -0.341 e. The number of rotatable bonds is 4. The Labute approximate surface area is 147 Å². The highest BCUT2D eigenvalue weighted by atomic mass is 16.2. The number of aryl methyl sites for hydroxylation is 1. The van der Waals surface area contributed by atoms with Crippen LogP contribution in [0.1, 0.15) is 25.3 Å². The Hall–Kier alpha value is -2.48. The molecule has 8 nitrogen and oxygen atoms in total. The predicted molar refractivity (Wildman–Crippen MR) is 94.0 cm³/mol. The molecule has 0 saturated carbocycles. The van der Waals surface area contributed by atoms with Crippen LogP contribution < -0.4 is 16.0 Å². The second-order valence-corrected chi connectivity index (χ2v) is 6.26. The number of urea groups is 1. The maximum atomic E-state index is 12.3. The molecule has 2 heterocycles. The Morgan fingerprint density at radius 1 is 1.24 bits per heavy atom. The third kappa shape index (κ3) is 5.25. The highest BCUT2D eigenvalue weighted by molar-refractivity contribution is 5.96. The van der Waals surface area contributed by atoms with Crippen LogP contribution in [0.25, 0.3) is 0 Å². The molecule has 1 saturated heterocycles. The van der Waals surface area contributed by atoms with Crippen molar-refractivity contribution in [1.29, 1.82) is 0 Å². The van der Waals surface area contributed by atoms with Gasteiger partial charge in [-0.05, 0) is 51.4 Å². The van der Waals surface area contributed by atoms with Crippen molar-refractivity contribution in [2.75, 3.05) is 25.5 Å². The highest BCUT2D eigenvalue weighted by Crippen LogP contribution is 2.20. The molecule has 2 rings (SSSR count). The van der Waals surface area contributed by atoms with Crippen LogP contribution in [0, 0.1) is 12.8 Å². The van der Waals surface area contributed by atoms with Gasteiger partial charge in [0, 0.05) is 19.2 Å². The number of carbonyl (C=O) groups is 3. The number of hydrogen-bond donors (Lipinski definition) is 3. The van der Waals surface area contributed by atoms with E-state index < -0.39 is 12.1 Å². The van der Waals surface area contributed by atoms with E-state index in [-0.39, 0.29) is 17.7 Å². The first-order chi connectivity index (χ1) is 11.9. The third-order valence-electron chi connectivity index (χ3n) is 4.45. The fourth-order valence-corrected chi connectivity index (χ4v) is 2.76. The molecule has 0 radical (unpaired) electrons. The lowest BCUT2D eigenvalue weighted by Gasteiger charge is -2.34. The monoisotopic (exact) mass is 347 g/mol. The van der Waals surface area contributed by atoms with Gasteiger partial charge in [-0.1, -0.05) is 6.07 Å². The zero-order valence-corrected chi connectivity index (χ0v) is 14.8. The van der Waals surface area contributed by atoms with Gasteiger partial charge in [0.05, 0.1) is 6.04 Å².